The Labute approximate surface area is 119 Å². The van der Waals surface area contributed by atoms with E-state index in [0.29, 0.717) is 25.5 Å². The first-order valence-corrected chi connectivity index (χ1v) is 6.58. The molecule has 8 heteroatoms. The Morgan fingerprint density at radius 3 is 2.62 bits per heavy atom. The Morgan fingerprint density at radius 1 is 1.43 bits per heavy atom. The van der Waals surface area contributed by atoms with E-state index < -0.39 is 22.4 Å². The number of nitro benzene ring substituents is 1. The van der Waals surface area contributed by atoms with Gasteiger partial charge in [0.05, 0.1) is 10.5 Å². The van der Waals surface area contributed by atoms with Crippen molar-refractivity contribution in [1.82, 2.24) is 0 Å². The zero-order valence-corrected chi connectivity index (χ0v) is 11.4. The number of piperidine rings is 1. The van der Waals surface area contributed by atoms with Crippen LogP contribution in [0.5, 0.6) is 0 Å². The first-order chi connectivity index (χ1) is 9.70. The van der Waals surface area contributed by atoms with Crippen LogP contribution in [0.3, 0.4) is 0 Å². The highest BCUT2D eigenvalue weighted by Gasteiger charge is 2.38. The molecule has 1 aliphatic heterocycles. The minimum absolute atomic E-state index is 0.0208. The summed E-state index contributed by atoms with van der Waals surface area (Å²) in [6.45, 7) is 2.21. The number of nitro groups is 1. The summed E-state index contributed by atoms with van der Waals surface area (Å²) in [4.78, 5) is 11.5. The highest BCUT2D eigenvalue weighted by Crippen LogP contribution is 2.40. The maximum Gasteiger partial charge on any atom is 0.418 e. The second kappa shape index (κ2) is 5.51. The molecule has 0 aromatic heterocycles. The number of non-ortho nitro benzene ring substituents is 1. The molecule has 0 amide bonds. The zero-order valence-electron chi connectivity index (χ0n) is 11.4. The molecule has 1 saturated heterocycles. The van der Waals surface area contributed by atoms with Gasteiger partial charge < -0.3 is 10.6 Å². The Hall–Kier alpha value is -1.83. The summed E-state index contributed by atoms with van der Waals surface area (Å²) >= 11 is 0. The molecule has 0 saturated carbocycles. The van der Waals surface area contributed by atoms with Gasteiger partial charge in [-0.05, 0) is 25.8 Å². The standard InChI is InChI=1S/C13H16F3N3O2/c1-8-6-9(17)4-5-18(8)12-3-2-10(19(20)21)7-11(12)13(14,15)16/h2-3,7-9H,4-6,17H2,1H3. The van der Waals surface area contributed by atoms with Crippen molar-refractivity contribution in [3.8, 4) is 0 Å². The van der Waals surface area contributed by atoms with Crippen molar-refractivity contribution >= 4 is 11.4 Å². The second-order valence-electron chi connectivity index (χ2n) is 5.28. The Bertz CT molecular complexity index is 548. The summed E-state index contributed by atoms with van der Waals surface area (Å²) in [6, 6.07) is 2.71. The van der Waals surface area contributed by atoms with Crippen LogP contribution < -0.4 is 10.6 Å². The molecule has 116 valence electrons. The van der Waals surface area contributed by atoms with Gasteiger partial charge in [0.1, 0.15) is 0 Å². The van der Waals surface area contributed by atoms with Crippen molar-refractivity contribution in [2.24, 2.45) is 5.73 Å². The van der Waals surface area contributed by atoms with Gasteiger partial charge >= 0.3 is 6.18 Å². The van der Waals surface area contributed by atoms with Crippen LogP contribution in [0.25, 0.3) is 0 Å². The van der Waals surface area contributed by atoms with Gasteiger partial charge in [0, 0.05) is 36.4 Å². The van der Waals surface area contributed by atoms with E-state index >= 15 is 0 Å². The summed E-state index contributed by atoms with van der Waals surface area (Å²) in [7, 11) is 0. The molecule has 0 spiro atoms. The molecule has 1 aromatic carbocycles. The van der Waals surface area contributed by atoms with E-state index in [9.17, 15) is 23.3 Å². The molecule has 0 bridgehead atoms. The SMILES string of the molecule is CC1CC(N)CCN1c1ccc([N+](=O)[O-])cc1C(F)(F)F. The molecule has 21 heavy (non-hydrogen) atoms. The summed E-state index contributed by atoms with van der Waals surface area (Å²) in [5.74, 6) is 0. The number of benzene rings is 1. The van der Waals surface area contributed by atoms with Crippen LogP contribution in [0.1, 0.15) is 25.3 Å². The van der Waals surface area contributed by atoms with E-state index in [1.54, 1.807) is 11.8 Å². The predicted octanol–water partition coefficient (Wildman–Crippen LogP) is 2.93. The van der Waals surface area contributed by atoms with Gasteiger partial charge in [0.15, 0.2) is 0 Å². The molecular weight excluding hydrogens is 287 g/mol. The molecule has 2 N–H and O–H groups in total. The van der Waals surface area contributed by atoms with E-state index in [4.69, 9.17) is 5.73 Å². The molecule has 0 aliphatic carbocycles. The van der Waals surface area contributed by atoms with Crippen LogP contribution in [0.4, 0.5) is 24.5 Å². The van der Waals surface area contributed by atoms with Crippen LogP contribution in [-0.4, -0.2) is 23.6 Å². The largest absolute Gasteiger partial charge is 0.418 e. The van der Waals surface area contributed by atoms with Gasteiger partial charge in [-0.25, -0.2) is 0 Å². The average molecular weight is 303 g/mol. The number of rotatable bonds is 2. The van der Waals surface area contributed by atoms with Gasteiger partial charge in [-0.3, -0.25) is 10.1 Å². The van der Waals surface area contributed by atoms with Crippen molar-refractivity contribution in [2.45, 2.75) is 38.0 Å². The Balaban J connectivity index is 2.45. The summed E-state index contributed by atoms with van der Waals surface area (Å²) in [5, 5.41) is 10.7. The number of hydrogen-bond donors (Lipinski definition) is 1. The highest BCUT2D eigenvalue weighted by atomic mass is 19.4. The lowest BCUT2D eigenvalue weighted by atomic mass is 9.97. The van der Waals surface area contributed by atoms with Crippen molar-refractivity contribution in [2.75, 3.05) is 11.4 Å². The van der Waals surface area contributed by atoms with Gasteiger partial charge in [0.25, 0.3) is 5.69 Å². The molecular formula is C13H16F3N3O2. The van der Waals surface area contributed by atoms with E-state index in [1.165, 1.54) is 6.07 Å². The number of alkyl halides is 3. The third-order valence-electron chi connectivity index (χ3n) is 3.72. The van der Waals surface area contributed by atoms with Gasteiger partial charge in [-0.15, -0.1) is 0 Å². The lowest BCUT2D eigenvalue weighted by molar-refractivity contribution is -0.385. The maximum atomic E-state index is 13.2. The third-order valence-corrected chi connectivity index (χ3v) is 3.72. The zero-order chi connectivity index (χ0) is 15.8. The summed E-state index contributed by atoms with van der Waals surface area (Å²) in [5.41, 5.74) is 4.26. The molecule has 5 nitrogen and oxygen atoms in total. The summed E-state index contributed by atoms with van der Waals surface area (Å²) in [6.07, 6.45) is -3.45. The normalized spacial score (nSPS) is 23.2. The smallest absolute Gasteiger partial charge is 0.368 e. The first kappa shape index (κ1) is 15.6. The average Bonchev–Trinajstić information content (AvgIpc) is 2.37. The lowest BCUT2D eigenvalue weighted by Gasteiger charge is -2.39. The molecule has 1 aliphatic rings. The predicted molar refractivity (Wildman–Crippen MR) is 72.1 cm³/mol. The lowest BCUT2D eigenvalue weighted by Crippen LogP contribution is -2.46. The van der Waals surface area contributed by atoms with Gasteiger partial charge in [-0.2, -0.15) is 13.2 Å². The monoisotopic (exact) mass is 303 g/mol. The van der Waals surface area contributed by atoms with Crippen LogP contribution in [-0.2, 0) is 6.18 Å². The van der Waals surface area contributed by atoms with Gasteiger partial charge in [-0.1, -0.05) is 0 Å². The van der Waals surface area contributed by atoms with Crippen LogP contribution in [0, 0.1) is 10.1 Å². The van der Waals surface area contributed by atoms with Crippen molar-refractivity contribution in [3.05, 3.63) is 33.9 Å². The summed E-state index contributed by atoms with van der Waals surface area (Å²) < 4.78 is 39.5. The van der Waals surface area contributed by atoms with Gasteiger partial charge in [0.2, 0.25) is 0 Å². The number of halogens is 3. The molecule has 1 fully saturated rings. The molecule has 2 unspecified atom stereocenters. The first-order valence-electron chi connectivity index (χ1n) is 6.58. The Morgan fingerprint density at radius 2 is 2.10 bits per heavy atom. The third kappa shape index (κ3) is 3.26. The fourth-order valence-corrected chi connectivity index (χ4v) is 2.68. The van der Waals surface area contributed by atoms with E-state index in [2.05, 4.69) is 0 Å². The molecule has 1 heterocycles. The molecule has 0 radical (unpaired) electrons. The topological polar surface area (TPSA) is 72.4 Å². The number of anilines is 1. The number of nitrogens with zero attached hydrogens (tertiary/aromatic N) is 2. The van der Waals surface area contributed by atoms with E-state index in [0.717, 1.165) is 6.07 Å². The second-order valence-corrected chi connectivity index (χ2v) is 5.28. The van der Waals surface area contributed by atoms with Crippen LogP contribution >= 0.6 is 0 Å². The molecule has 2 rings (SSSR count). The highest BCUT2D eigenvalue weighted by molar-refractivity contribution is 5.60. The van der Waals surface area contributed by atoms with Crippen LogP contribution in [0.2, 0.25) is 0 Å². The minimum Gasteiger partial charge on any atom is -0.368 e. The Kier molecular flexibility index (Phi) is 4.08. The van der Waals surface area contributed by atoms with Crippen molar-refractivity contribution in [3.63, 3.8) is 0 Å². The quantitative estimate of drug-likeness (QED) is 0.673. The molecule has 1 aromatic rings. The fourth-order valence-electron chi connectivity index (χ4n) is 2.68. The van der Waals surface area contributed by atoms with E-state index in [1.807, 2.05) is 0 Å². The minimum atomic E-state index is -4.64. The number of hydrogen-bond acceptors (Lipinski definition) is 4. The fraction of sp³-hybridized carbons (Fsp3) is 0.538. The molecule has 2 atom stereocenters. The van der Waals surface area contributed by atoms with E-state index in [-0.39, 0.29) is 17.8 Å². The van der Waals surface area contributed by atoms with Crippen molar-refractivity contribution < 1.29 is 18.1 Å². The number of nitrogens with two attached hydrogens (primary N) is 1. The van der Waals surface area contributed by atoms with Crippen molar-refractivity contribution in [1.29, 1.82) is 0 Å². The maximum absolute atomic E-state index is 13.2. The van der Waals surface area contributed by atoms with Crippen LogP contribution in [0.15, 0.2) is 18.2 Å².